The molecule has 1 unspecified atom stereocenters. The highest BCUT2D eigenvalue weighted by molar-refractivity contribution is 9.10. The van der Waals surface area contributed by atoms with Crippen LogP contribution in [-0.2, 0) is 14.3 Å². The number of amides is 1. The molecule has 0 spiro atoms. The van der Waals surface area contributed by atoms with E-state index >= 15 is 0 Å². The zero-order chi connectivity index (χ0) is 14.3. The summed E-state index contributed by atoms with van der Waals surface area (Å²) >= 11 is 3.00. The van der Waals surface area contributed by atoms with Gasteiger partial charge in [-0.2, -0.15) is 13.2 Å². The van der Waals surface area contributed by atoms with Gasteiger partial charge in [-0.05, 0) is 6.42 Å². The maximum Gasteiger partial charge on any atom is 0.406 e. The van der Waals surface area contributed by atoms with Crippen LogP contribution in [0.25, 0.3) is 0 Å². The molecule has 0 aliphatic heterocycles. The Hall–Kier alpha value is -0.790. The van der Waals surface area contributed by atoms with Crippen molar-refractivity contribution in [1.82, 2.24) is 4.90 Å². The van der Waals surface area contributed by atoms with Crippen LogP contribution < -0.4 is 0 Å². The van der Waals surface area contributed by atoms with Crippen LogP contribution in [0.15, 0.2) is 0 Å². The monoisotopic (exact) mass is 333 g/mol. The number of esters is 1. The van der Waals surface area contributed by atoms with Crippen molar-refractivity contribution in [3.8, 4) is 0 Å². The normalized spacial score (nSPS) is 13.0. The van der Waals surface area contributed by atoms with Crippen molar-refractivity contribution in [3.05, 3.63) is 0 Å². The molecule has 106 valence electrons. The number of halogens is 4. The quantitative estimate of drug-likeness (QED) is 0.552. The van der Waals surface area contributed by atoms with Gasteiger partial charge in [0.05, 0.1) is 18.4 Å². The Morgan fingerprint density at radius 1 is 1.39 bits per heavy atom. The van der Waals surface area contributed by atoms with Gasteiger partial charge in [-0.25, -0.2) is 0 Å². The van der Waals surface area contributed by atoms with Gasteiger partial charge >= 0.3 is 12.1 Å². The van der Waals surface area contributed by atoms with E-state index in [1.807, 2.05) is 0 Å². The van der Waals surface area contributed by atoms with Crippen LogP contribution >= 0.6 is 15.9 Å². The van der Waals surface area contributed by atoms with Crippen molar-refractivity contribution in [3.63, 3.8) is 0 Å². The Morgan fingerprint density at radius 3 is 2.33 bits per heavy atom. The molecule has 0 aliphatic carbocycles. The van der Waals surface area contributed by atoms with E-state index in [0.717, 1.165) is 7.11 Å². The number of carbonyl (C=O) groups is 2. The third kappa shape index (κ3) is 6.83. The van der Waals surface area contributed by atoms with Crippen LogP contribution in [0.3, 0.4) is 0 Å². The first-order valence-electron chi connectivity index (χ1n) is 5.27. The SMILES string of the molecule is CCC(Br)C(=O)N(CCC(=O)OC)CC(F)(F)F. The number of rotatable bonds is 6. The molecular weight excluding hydrogens is 319 g/mol. The smallest absolute Gasteiger partial charge is 0.406 e. The minimum absolute atomic E-state index is 0.262. The Bertz CT molecular complexity index is 297. The first-order chi connectivity index (χ1) is 8.21. The van der Waals surface area contributed by atoms with Crippen molar-refractivity contribution in [2.45, 2.75) is 30.8 Å². The summed E-state index contributed by atoms with van der Waals surface area (Å²) in [6.45, 7) is -0.0125. The fourth-order valence-electron chi connectivity index (χ4n) is 1.18. The lowest BCUT2D eigenvalue weighted by atomic mass is 10.2. The predicted molar refractivity (Wildman–Crippen MR) is 62.3 cm³/mol. The van der Waals surface area contributed by atoms with Crippen LogP contribution in [-0.4, -0.2) is 48.0 Å². The lowest BCUT2D eigenvalue weighted by molar-refractivity contribution is -0.162. The second-order valence-electron chi connectivity index (χ2n) is 3.58. The summed E-state index contributed by atoms with van der Waals surface area (Å²) in [5.74, 6) is -1.34. The van der Waals surface area contributed by atoms with E-state index in [0.29, 0.717) is 11.3 Å². The van der Waals surface area contributed by atoms with Gasteiger partial charge in [0, 0.05) is 6.54 Å². The Labute approximate surface area is 112 Å². The number of methoxy groups -OCH3 is 1. The van der Waals surface area contributed by atoms with Crippen LogP contribution in [0.4, 0.5) is 13.2 Å². The molecule has 0 fully saturated rings. The molecule has 0 heterocycles. The molecule has 1 atom stereocenters. The number of hydrogen-bond acceptors (Lipinski definition) is 3. The molecule has 1 amide bonds. The molecule has 0 aliphatic rings. The lowest BCUT2D eigenvalue weighted by Gasteiger charge is -2.25. The van der Waals surface area contributed by atoms with E-state index in [1.165, 1.54) is 0 Å². The topological polar surface area (TPSA) is 46.6 Å². The second kappa shape index (κ2) is 7.60. The summed E-state index contributed by atoms with van der Waals surface area (Å²) in [5, 5.41) is 0. The highest BCUT2D eigenvalue weighted by Crippen LogP contribution is 2.19. The molecule has 0 aromatic carbocycles. The van der Waals surface area contributed by atoms with Gasteiger partial charge in [0.25, 0.3) is 0 Å². The minimum atomic E-state index is -4.49. The predicted octanol–water partition coefficient (Wildman–Crippen LogP) is 2.11. The minimum Gasteiger partial charge on any atom is -0.469 e. The van der Waals surface area contributed by atoms with Crippen LogP contribution in [0.1, 0.15) is 19.8 Å². The summed E-state index contributed by atoms with van der Waals surface area (Å²) < 4.78 is 41.3. The van der Waals surface area contributed by atoms with Gasteiger partial charge in [0.15, 0.2) is 0 Å². The van der Waals surface area contributed by atoms with Crippen LogP contribution in [0, 0.1) is 0 Å². The zero-order valence-electron chi connectivity index (χ0n) is 10.1. The van der Waals surface area contributed by atoms with E-state index in [2.05, 4.69) is 20.7 Å². The molecule has 4 nitrogen and oxygen atoms in total. The average Bonchev–Trinajstić information content (AvgIpc) is 2.30. The number of alkyl halides is 4. The zero-order valence-corrected chi connectivity index (χ0v) is 11.7. The van der Waals surface area contributed by atoms with Gasteiger partial charge in [0.2, 0.25) is 5.91 Å². The Morgan fingerprint density at radius 2 is 1.94 bits per heavy atom. The third-order valence-electron chi connectivity index (χ3n) is 2.12. The molecule has 8 heteroatoms. The van der Waals surface area contributed by atoms with Gasteiger partial charge in [0.1, 0.15) is 6.54 Å². The standard InChI is InChI=1S/C10H15BrF3NO3/c1-3-7(11)9(17)15(6-10(12,13)14)5-4-8(16)18-2/h7H,3-6H2,1-2H3. The van der Waals surface area contributed by atoms with E-state index in [1.54, 1.807) is 6.92 Å². The van der Waals surface area contributed by atoms with Crippen LogP contribution in [0.5, 0.6) is 0 Å². The van der Waals surface area contributed by atoms with E-state index in [4.69, 9.17) is 0 Å². The van der Waals surface area contributed by atoms with Gasteiger partial charge in [-0.1, -0.05) is 22.9 Å². The molecule has 0 saturated heterocycles. The van der Waals surface area contributed by atoms with Gasteiger partial charge in [-0.15, -0.1) is 0 Å². The van der Waals surface area contributed by atoms with Gasteiger partial charge < -0.3 is 9.64 Å². The fourth-order valence-corrected chi connectivity index (χ4v) is 1.47. The third-order valence-corrected chi connectivity index (χ3v) is 3.16. The lowest BCUT2D eigenvalue weighted by Crippen LogP contribution is -2.43. The second-order valence-corrected chi connectivity index (χ2v) is 4.68. The molecule has 0 N–H and O–H groups in total. The summed E-state index contributed by atoms with van der Waals surface area (Å²) in [6.07, 6.45) is -4.39. The summed E-state index contributed by atoms with van der Waals surface area (Å²) in [7, 11) is 1.14. The number of nitrogens with zero attached hydrogens (tertiary/aromatic N) is 1. The molecule has 0 aromatic rings. The van der Waals surface area contributed by atoms with Crippen molar-refractivity contribution in [2.24, 2.45) is 0 Å². The van der Waals surface area contributed by atoms with E-state index in [-0.39, 0.29) is 13.0 Å². The number of ether oxygens (including phenoxy) is 1. The van der Waals surface area contributed by atoms with E-state index in [9.17, 15) is 22.8 Å². The largest absolute Gasteiger partial charge is 0.469 e. The summed E-state index contributed by atoms with van der Waals surface area (Å²) in [6, 6.07) is 0. The molecule has 0 rings (SSSR count). The maximum absolute atomic E-state index is 12.3. The maximum atomic E-state index is 12.3. The Kier molecular flexibility index (Phi) is 7.27. The molecule has 0 aromatic heterocycles. The van der Waals surface area contributed by atoms with Gasteiger partial charge in [-0.3, -0.25) is 9.59 Å². The first kappa shape index (κ1) is 17.2. The van der Waals surface area contributed by atoms with Crippen molar-refractivity contribution >= 4 is 27.8 Å². The average molecular weight is 334 g/mol. The van der Waals surface area contributed by atoms with E-state index < -0.39 is 29.4 Å². The molecule has 18 heavy (non-hydrogen) atoms. The summed E-state index contributed by atoms with van der Waals surface area (Å²) in [5.41, 5.74) is 0. The van der Waals surface area contributed by atoms with Crippen LogP contribution in [0.2, 0.25) is 0 Å². The number of carbonyl (C=O) groups excluding carboxylic acids is 2. The highest BCUT2D eigenvalue weighted by atomic mass is 79.9. The fraction of sp³-hybridized carbons (Fsp3) is 0.800. The van der Waals surface area contributed by atoms with Crippen molar-refractivity contribution in [1.29, 1.82) is 0 Å². The summed E-state index contributed by atoms with van der Waals surface area (Å²) in [4.78, 5) is 22.5. The molecule has 0 bridgehead atoms. The first-order valence-corrected chi connectivity index (χ1v) is 6.19. The molecular formula is C10H15BrF3NO3. The molecule has 0 radical (unpaired) electrons. The van der Waals surface area contributed by atoms with Crippen molar-refractivity contribution < 1.29 is 27.5 Å². The number of hydrogen-bond donors (Lipinski definition) is 0. The molecule has 0 saturated carbocycles. The Balaban J connectivity index is 4.62. The van der Waals surface area contributed by atoms with Crippen molar-refractivity contribution in [2.75, 3.05) is 20.2 Å². The highest BCUT2D eigenvalue weighted by Gasteiger charge is 2.34.